The van der Waals surface area contributed by atoms with Gasteiger partial charge >= 0.3 is 0 Å². The van der Waals surface area contributed by atoms with E-state index in [0.717, 1.165) is 23.1 Å². The Bertz CT molecular complexity index is 970. The zero-order chi connectivity index (χ0) is 22.7. The summed E-state index contributed by atoms with van der Waals surface area (Å²) in [7, 11) is 0. The Hall–Kier alpha value is -2.71. The van der Waals surface area contributed by atoms with Gasteiger partial charge in [0.25, 0.3) is 0 Å². The zero-order valence-corrected chi connectivity index (χ0v) is 18.4. The molecular formula is C24H29F2N3O3. The molecule has 1 fully saturated rings. The minimum Gasteiger partial charge on any atom is -0.454 e. The van der Waals surface area contributed by atoms with Gasteiger partial charge in [0.1, 0.15) is 11.6 Å². The number of hydrogen-bond acceptors (Lipinski definition) is 5. The first kappa shape index (κ1) is 22.5. The van der Waals surface area contributed by atoms with Crippen LogP contribution in [0.4, 0.5) is 8.78 Å². The third kappa shape index (κ3) is 5.19. The molecule has 1 amide bonds. The van der Waals surface area contributed by atoms with Gasteiger partial charge in [0.15, 0.2) is 11.5 Å². The van der Waals surface area contributed by atoms with Crippen LogP contribution in [0.3, 0.4) is 0 Å². The van der Waals surface area contributed by atoms with Crippen molar-refractivity contribution in [1.82, 2.24) is 15.5 Å². The van der Waals surface area contributed by atoms with Crippen LogP contribution < -0.4 is 20.1 Å². The summed E-state index contributed by atoms with van der Waals surface area (Å²) in [4.78, 5) is 15.1. The highest BCUT2D eigenvalue weighted by molar-refractivity contribution is 5.82. The minimum atomic E-state index is -0.587. The molecule has 0 aromatic heterocycles. The van der Waals surface area contributed by atoms with E-state index in [1.807, 2.05) is 18.2 Å². The van der Waals surface area contributed by atoms with E-state index in [1.165, 1.54) is 12.1 Å². The lowest BCUT2D eigenvalue weighted by Crippen LogP contribution is -2.46. The normalized spacial score (nSPS) is 20.2. The first-order valence-electron chi connectivity index (χ1n) is 11.0. The maximum atomic E-state index is 13.9. The lowest BCUT2D eigenvalue weighted by Gasteiger charge is -2.27. The number of nitrogens with one attached hydrogen (secondary N) is 2. The number of carbonyl (C=O) groups is 1. The summed E-state index contributed by atoms with van der Waals surface area (Å²) in [5, 5.41) is 6.38. The van der Waals surface area contributed by atoms with Gasteiger partial charge in [-0.3, -0.25) is 9.69 Å². The molecule has 2 atom stereocenters. The van der Waals surface area contributed by atoms with E-state index in [9.17, 15) is 13.6 Å². The molecule has 2 heterocycles. The number of carbonyl (C=O) groups excluding carboxylic acids is 1. The third-order valence-electron chi connectivity index (χ3n) is 6.05. The Morgan fingerprint density at radius 1 is 1.16 bits per heavy atom. The van der Waals surface area contributed by atoms with E-state index in [0.29, 0.717) is 38.0 Å². The van der Waals surface area contributed by atoms with Crippen LogP contribution in [-0.2, 0) is 17.8 Å². The van der Waals surface area contributed by atoms with Gasteiger partial charge in [-0.1, -0.05) is 12.1 Å². The second kappa shape index (κ2) is 9.83. The molecule has 2 aliphatic heterocycles. The number of hydrogen-bond donors (Lipinski definition) is 2. The third-order valence-corrected chi connectivity index (χ3v) is 6.05. The van der Waals surface area contributed by atoms with Crippen LogP contribution >= 0.6 is 0 Å². The number of fused-ring (bicyclic) bond motifs is 1. The number of ether oxygens (including phenoxy) is 2. The van der Waals surface area contributed by atoms with E-state index in [-0.39, 0.29) is 30.8 Å². The maximum absolute atomic E-state index is 13.9. The fourth-order valence-electron chi connectivity index (χ4n) is 4.30. The monoisotopic (exact) mass is 445 g/mol. The van der Waals surface area contributed by atoms with Crippen LogP contribution in [-0.4, -0.2) is 48.8 Å². The summed E-state index contributed by atoms with van der Waals surface area (Å²) in [6.45, 7) is 5.89. The second-order valence-electron chi connectivity index (χ2n) is 8.58. The Kier molecular flexibility index (Phi) is 6.91. The Balaban J connectivity index is 1.29. The van der Waals surface area contributed by atoms with Crippen LogP contribution in [0.1, 0.15) is 31.4 Å². The number of likely N-dealkylation sites (tertiary alicyclic amines) is 1. The molecule has 2 aromatic carbocycles. The van der Waals surface area contributed by atoms with Gasteiger partial charge in [-0.05, 0) is 50.5 Å². The molecule has 4 rings (SSSR count). The molecule has 0 spiro atoms. The van der Waals surface area contributed by atoms with Crippen LogP contribution in [0, 0.1) is 11.6 Å². The fraction of sp³-hybridized carbons (Fsp3) is 0.458. The first-order chi connectivity index (χ1) is 15.4. The van der Waals surface area contributed by atoms with Crippen molar-refractivity contribution in [2.45, 2.75) is 51.4 Å². The average Bonchev–Trinajstić information content (AvgIpc) is 3.40. The number of amides is 1. The molecule has 32 heavy (non-hydrogen) atoms. The molecule has 0 bridgehead atoms. The van der Waals surface area contributed by atoms with E-state index >= 15 is 0 Å². The van der Waals surface area contributed by atoms with E-state index < -0.39 is 11.6 Å². The maximum Gasteiger partial charge on any atom is 0.237 e. The molecule has 0 unspecified atom stereocenters. The average molecular weight is 446 g/mol. The highest BCUT2D eigenvalue weighted by Crippen LogP contribution is 2.32. The zero-order valence-electron chi connectivity index (χ0n) is 18.4. The van der Waals surface area contributed by atoms with Crippen LogP contribution in [0.5, 0.6) is 11.5 Å². The number of rotatable bonds is 8. The van der Waals surface area contributed by atoms with Gasteiger partial charge < -0.3 is 20.1 Å². The molecule has 8 heteroatoms. The van der Waals surface area contributed by atoms with Crippen molar-refractivity contribution in [3.8, 4) is 11.5 Å². The Morgan fingerprint density at radius 3 is 2.75 bits per heavy atom. The molecule has 6 nitrogen and oxygen atoms in total. The smallest absolute Gasteiger partial charge is 0.237 e. The molecule has 2 N–H and O–H groups in total. The molecule has 2 aromatic rings. The molecular weight excluding hydrogens is 416 g/mol. The predicted octanol–water partition coefficient (Wildman–Crippen LogP) is 2.99. The predicted molar refractivity (Wildman–Crippen MR) is 117 cm³/mol. The largest absolute Gasteiger partial charge is 0.454 e. The van der Waals surface area contributed by atoms with Gasteiger partial charge in [-0.25, -0.2) is 8.78 Å². The van der Waals surface area contributed by atoms with Gasteiger partial charge in [0.05, 0.1) is 6.04 Å². The molecule has 172 valence electrons. The van der Waals surface area contributed by atoms with Crippen LogP contribution in [0.25, 0.3) is 0 Å². The van der Waals surface area contributed by atoms with Gasteiger partial charge in [-0.15, -0.1) is 0 Å². The summed E-state index contributed by atoms with van der Waals surface area (Å²) >= 11 is 0. The number of benzene rings is 2. The van der Waals surface area contributed by atoms with Crippen LogP contribution in [0.15, 0.2) is 36.4 Å². The quantitative estimate of drug-likeness (QED) is 0.654. The van der Waals surface area contributed by atoms with Crippen molar-refractivity contribution in [2.75, 3.05) is 19.9 Å². The molecule has 0 saturated carbocycles. The molecule has 0 radical (unpaired) electrons. The van der Waals surface area contributed by atoms with Crippen molar-refractivity contribution in [3.63, 3.8) is 0 Å². The van der Waals surface area contributed by atoms with Gasteiger partial charge in [0.2, 0.25) is 12.7 Å². The van der Waals surface area contributed by atoms with E-state index in [2.05, 4.69) is 29.4 Å². The highest BCUT2D eigenvalue weighted by atomic mass is 19.1. The number of halogens is 2. The lowest BCUT2D eigenvalue weighted by molar-refractivity contribution is -0.126. The molecule has 1 saturated heterocycles. The summed E-state index contributed by atoms with van der Waals surface area (Å²) in [5.74, 6) is 0.332. The number of nitrogens with zero attached hydrogens (tertiary/aromatic N) is 1. The summed E-state index contributed by atoms with van der Waals surface area (Å²) < 4.78 is 37.8. The molecule has 0 aliphatic carbocycles. The van der Waals surface area contributed by atoms with Crippen molar-refractivity contribution in [1.29, 1.82) is 0 Å². The fourth-order valence-corrected chi connectivity index (χ4v) is 4.30. The SMILES string of the molecule is CC(C)N1C[C@H](NCc2ccc(F)cc2F)C[C@H]1C(=O)NCCc1ccc2c(c1)OCO2. The first-order valence-corrected chi connectivity index (χ1v) is 11.0. The Morgan fingerprint density at radius 2 is 1.97 bits per heavy atom. The summed E-state index contributed by atoms with van der Waals surface area (Å²) in [6.07, 6.45) is 1.33. The van der Waals surface area contributed by atoms with E-state index in [4.69, 9.17) is 9.47 Å². The van der Waals surface area contributed by atoms with Crippen molar-refractivity contribution in [3.05, 3.63) is 59.2 Å². The standard InChI is InChI=1S/C24H29F2N3O3/c1-15(2)29-13-19(28-12-17-4-5-18(25)10-20(17)26)11-21(29)24(30)27-8-7-16-3-6-22-23(9-16)32-14-31-22/h3-6,9-10,15,19,21,28H,7-8,11-14H2,1-2H3,(H,27,30)/t19-,21+/m1/s1. The second-order valence-corrected chi connectivity index (χ2v) is 8.58. The van der Waals surface area contributed by atoms with Gasteiger partial charge in [0, 0.05) is 43.3 Å². The summed E-state index contributed by atoms with van der Waals surface area (Å²) in [6, 6.07) is 9.41. The van der Waals surface area contributed by atoms with Crippen molar-refractivity contribution < 1.29 is 23.0 Å². The topological polar surface area (TPSA) is 62.8 Å². The van der Waals surface area contributed by atoms with Crippen molar-refractivity contribution >= 4 is 5.91 Å². The minimum absolute atomic E-state index is 0.00305. The molecule has 2 aliphatic rings. The van der Waals surface area contributed by atoms with Crippen molar-refractivity contribution in [2.24, 2.45) is 0 Å². The lowest BCUT2D eigenvalue weighted by atomic mass is 10.1. The Labute approximate surface area is 186 Å². The highest BCUT2D eigenvalue weighted by Gasteiger charge is 2.37. The van der Waals surface area contributed by atoms with Gasteiger partial charge in [-0.2, -0.15) is 0 Å². The summed E-state index contributed by atoms with van der Waals surface area (Å²) in [5.41, 5.74) is 1.49. The van der Waals surface area contributed by atoms with Crippen LogP contribution in [0.2, 0.25) is 0 Å². The van der Waals surface area contributed by atoms with E-state index in [1.54, 1.807) is 0 Å².